The van der Waals surface area contributed by atoms with Crippen LogP contribution in [0.15, 0.2) is 77.8 Å². The molecule has 0 saturated heterocycles. The Hall–Kier alpha value is -2.78. The van der Waals surface area contributed by atoms with E-state index >= 15 is 0 Å². The standard InChI is InChI=1S/C21H18ClNO2/c1-24-20-10-8-19(9-11-20)23-14-17-13-18(22)7-12-21(17)25-15-16-5-3-2-4-6-16/h2-14H,15H2,1H3. The first-order valence-electron chi connectivity index (χ1n) is 7.89. The molecule has 25 heavy (non-hydrogen) atoms. The zero-order valence-corrected chi connectivity index (χ0v) is 14.6. The summed E-state index contributed by atoms with van der Waals surface area (Å²) in [5.74, 6) is 1.54. The predicted octanol–water partition coefficient (Wildman–Crippen LogP) is 5.68. The number of benzene rings is 3. The van der Waals surface area contributed by atoms with Gasteiger partial charge in [-0.25, -0.2) is 0 Å². The minimum absolute atomic E-state index is 0.492. The van der Waals surface area contributed by atoms with Gasteiger partial charge < -0.3 is 9.47 Å². The van der Waals surface area contributed by atoms with Gasteiger partial charge in [-0.1, -0.05) is 41.9 Å². The Bertz CT molecular complexity index is 846. The summed E-state index contributed by atoms with van der Waals surface area (Å²) in [6.07, 6.45) is 1.76. The van der Waals surface area contributed by atoms with Crippen molar-refractivity contribution in [2.75, 3.05) is 7.11 Å². The maximum absolute atomic E-state index is 6.12. The van der Waals surface area contributed by atoms with Crippen LogP contribution in [0.4, 0.5) is 5.69 Å². The van der Waals surface area contributed by atoms with E-state index < -0.39 is 0 Å². The van der Waals surface area contributed by atoms with E-state index in [1.165, 1.54) is 0 Å². The third-order valence-electron chi connectivity index (χ3n) is 3.63. The molecule has 3 aromatic carbocycles. The Kier molecular flexibility index (Phi) is 5.70. The fraction of sp³-hybridized carbons (Fsp3) is 0.0952. The number of methoxy groups -OCH3 is 1. The first kappa shape index (κ1) is 17.1. The van der Waals surface area contributed by atoms with Crippen LogP contribution >= 0.6 is 11.6 Å². The third-order valence-corrected chi connectivity index (χ3v) is 3.87. The molecule has 4 heteroatoms. The van der Waals surface area contributed by atoms with Gasteiger partial charge in [0.2, 0.25) is 0 Å². The van der Waals surface area contributed by atoms with Gasteiger partial charge in [-0.2, -0.15) is 0 Å². The van der Waals surface area contributed by atoms with E-state index in [-0.39, 0.29) is 0 Å². The molecule has 0 atom stereocenters. The van der Waals surface area contributed by atoms with Gasteiger partial charge in [0.25, 0.3) is 0 Å². The Morgan fingerprint density at radius 3 is 2.44 bits per heavy atom. The molecule has 0 heterocycles. The van der Waals surface area contributed by atoms with E-state index in [9.17, 15) is 0 Å². The van der Waals surface area contributed by atoms with Crippen molar-refractivity contribution in [2.45, 2.75) is 6.61 Å². The van der Waals surface area contributed by atoms with Crippen molar-refractivity contribution in [2.24, 2.45) is 4.99 Å². The molecule has 0 radical (unpaired) electrons. The van der Waals surface area contributed by atoms with E-state index in [0.29, 0.717) is 11.6 Å². The maximum atomic E-state index is 6.12. The van der Waals surface area contributed by atoms with E-state index in [1.807, 2.05) is 72.8 Å². The van der Waals surface area contributed by atoms with Crippen molar-refractivity contribution in [3.63, 3.8) is 0 Å². The molecule has 0 amide bonds. The molecule has 0 spiro atoms. The van der Waals surface area contributed by atoms with Gasteiger partial charge in [0.15, 0.2) is 0 Å². The van der Waals surface area contributed by atoms with Gasteiger partial charge in [-0.3, -0.25) is 4.99 Å². The lowest BCUT2D eigenvalue weighted by molar-refractivity contribution is 0.306. The summed E-state index contributed by atoms with van der Waals surface area (Å²) in [6.45, 7) is 0.492. The second-order valence-electron chi connectivity index (χ2n) is 5.41. The molecule has 3 aromatic rings. The monoisotopic (exact) mass is 351 g/mol. The third kappa shape index (κ3) is 4.85. The summed E-state index contributed by atoms with van der Waals surface area (Å²) >= 11 is 6.12. The molecule has 0 unspecified atom stereocenters. The Morgan fingerprint density at radius 1 is 0.960 bits per heavy atom. The lowest BCUT2D eigenvalue weighted by Crippen LogP contribution is -1.98. The summed E-state index contributed by atoms with van der Waals surface area (Å²) in [5, 5.41) is 0.642. The van der Waals surface area contributed by atoms with Crippen molar-refractivity contribution in [3.8, 4) is 11.5 Å². The summed E-state index contributed by atoms with van der Waals surface area (Å²) in [7, 11) is 1.64. The van der Waals surface area contributed by atoms with Crippen LogP contribution in [-0.4, -0.2) is 13.3 Å². The molecule has 0 N–H and O–H groups in total. The second kappa shape index (κ2) is 8.36. The largest absolute Gasteiger partial charge is 0.497 e. The molecular weight excluding hydrogens is 334 g/mol. The van der Waals surface area contributed by atoms with Crippen LogP contribution in [0.1, 0.15) is 11.1 Å². The molecule has 0 aliphatic rings. The molecule has 0 fully saturated rings. The zero-order valence-electron chi connectivity index (χ0n) is 13.9. The molecular formula is C21H18ClNO2. The lowest BCUT2D eigenvalue weighted by atomic mass is 10.2. The molecule has 0 saturated carbocycles. The number of hydrogen-bond acceptors (Lipinski definition) is 3. The number of aliphatic imine (C=N–C) groups is 1. The highest BCUT2D eigenvalue weighted by Crippen LogP contribution is 2.24. The van der Waals surface area contributed by atoms with E-state index in [4.69, 9.17) is 21.1 Å². The van der Waals surface area contributed by atoms with E-state index in [1.54, 1.807) is 13.3 Å². The fourth-order valence-corrected chi connectivity index (χ4v) is 2.48. The minimum atomic E-state index is 0.492. The number of rotatable bonds is 6. The van der Waals surface area contributed by atoms with E-state index in [2.05, 4.69) is 4.99 Å². The number of nitrogens with zero attached hydrogens (tertiary/aromatic N) is 1. The topological polar surface area (TPSA) is 30.8 Å². The van der Waals surface area contributed by atoms with Crippen LogP contribution in [0.3, 0.4) is 0 Å². The first-order valence-corrected chi connectivity index (χ1v) is 8.27. The Balaban J connectivity index is 1.77. The molecule has 0 aromatic heterocycles. The van der Waals surface area contributed by atoms with Crippen LogP contribution in [-0.2, 0) is 6.61 Å². The van der Waals surface area contributed by atoms with Crippen LogP contribution in [0.25, 0.3) is 0 Å². The van der Waals surface area contributed by atoms with Crippen LogP contribution in [0, 0.1) is 0 Å². The van der Waals surface area contributed by atoms with Crippen molar-refractivity contribution < 1.29 is 9.47 Å². The minimum Gasteiger partial charge on any atom is -0.497 e. The smallest absolute Gasteiger partial charge is 0.128 e. The highest BCUT2D eigenvalue weighted by molar-refractivity contribution is 6.30. The van der Waals surface area contributed by atoms with Crippen molar-refractivity contribution in [1.29, 1.82) is 0 Å². The van der Waals surface area contributed by atoms with Gasteiger partial charge in [0, 0.05) is 16.8 Å². The van der Waals surface area contributed by atoms with Crippen molar-refractivity contribution in [3.05, 3.63) is 88.9 Å². The number of halogens is 1. The average Bonchev–Trinajstić information content (AvgIpc) is 2.67. The Labute approximate surface area is 152 Å². The summed E-state index contributed by atoms with van der Waals surface area (Å²) in [4.78, 5) is 4.49. The summed E-state index contributed by atoms with van der Waals surface area (Å²) in [6, 6.07) is 23.1. The van der Waals surface area contributed by atoms with Gasteiger partial charge in [0.1, 0.15) is 18.1 Å². The van der Waals surface area contributed by atoms with Crippen molar-refractivity contribution >= 4 is 23.5 Å². The van der Waals surface area contributed by atoms with Gasteiger partial charge in [0.05, 0.1) is 12.8 Å². The molecule has 0 aliphatic heterocycles. The van der Waals surface area contributed by atoms with Gasteiger partial charge in [-0.15, -0.1) is 0 Å². The quantitative estimate of drug-likeness (QED) is 0.535. The SMILES string of the molecule is COc1ccc(N=Cc2cc(Cl)ccc2OCc2ccccc2)cc1. The zero-order chi connectivity index (χ0) is 17.5. The molecule has 126 valence electrons. The van der Waals surface area contributed by atoms with Gasteiger partial charge >= 0.3 is 0 Å². The summed E-state index contributed by atoms with van der Waals surface area (Å²) < 4.78 is 11.1. The predicted molar refractivity (Wildman–Crippen MR) is 102 cm³/mol. The normalized spacial score (nSPS) is 10.8. The maximum Gasteiger partial charge on any atom is 0.128 e. The van der Waals surface area contributed by atoms with Crippen LogP contribution in [0.2, 0.25) is 5.02 Å². The second-order valence-corrected chi connectivity index (χ2v) is 5.85. The Morgan fingerprint density at radius 2 is 1.72 bits per heavy atom. The van der Waals surface area contributed by atoms with Crippen LogP contribution in [0.5, 0.6) is 11.5 Å². The first-order chi connectivity index (χ1) is 12.2. The highest BCUT2D eigenvalue weighted by Gasteiger charge is 2.04. The lowest BCUT2D eigenvalue weighted by Gasteiger charge is -2.09. The fourth-order valence-electron chi connectivity index (χ4n) is 2.30. The average molecular weight is 352 g/mol. The number of ether oxygens (including phenoxy) is 2. The molecule has 3 nitrogen and oxygen atoms in total. The van der Waals surface area contributed by atoms with Crippen LogP contribution < -0.4 is 9.47 Å². The van der Waals surface area contributed by atoms with Gasteiger partial charge in [-0.05, 0) is 48.0 Å². The van der Waals surface area contributed by atoms with Crippen molar-refractivity contribution in [1.82, 2.24) is 0 Å². The molecule has 0 bridgehead atoms. The molecule has 3 rings (SSSR count). The molecule has 0 aliphatic carbocycles. The summed E-state index contributed by atoms with van der Waals surface area (Å²) in [5.41, 5.74) is 2.77. The number of hydrogen-bond donors (Lipinski definition) is 0. The highest BCUT2D eigenvalue weighted by atomic mass is 35.5. The van der Waals surface area contributed by atoms with E-state index in [0.717, 1.165) is 28.3 Å².